The molecule has 6 rings (SSSR count). The summed E-state index contributed by atoms with van der Waals surface area (Å²) in [6, 6.07) is 6.04. The molecular weight excluding hydrogens is 576 g/mol. The third kappa shape index (κ3) is 6.16. The molecule has 2 aromatic rings. The normalized spacial score (nSPS) is 30.6. The summed E-state index contributed by atoms with van der Waals surface area (Å²) < 4.78 is 19.1. The monoisotopic (exact) mass is 618 g/mol. The Morgan fingerprint density at radius 2 is 1.87 bits per heavy atom. The van der Waals surface area contributed by atoms with Crippen molar-refractivity contribution in [2.45, 2.75) is 96.9 Å². The van der Waals surface area contributed by atoms with E-state index in [9.17, 15) is 24.4 Å². The lowest BCUT2D eigenvalue weighted by molar-refractivity contribution is -0.160. The van der Waals surface area contributed by atoms with Crippen LogP contribution in [0.3, 0.4) is 0 Å². The first-order valence-corrected chi connectivity index (χ1v) is 16.2. The van der Waals surface area contributed by atoms with Crippen molar-refractivity contribution < 1.29 is 28.6 Å². The fraction of sp³-hybridized carbons (Fsp3) is 0.647. The molecule has 2 bridgehead atoms. The van der Waals surface area contributed by atoms with Crippen molar-refractivity contribution in [1.29, 1.82) is 5.26 Å². The topological polar surface area (TPSA) is 141 Å². The SMILES string of the molecule is COC(=O)[C@@H]1C[C@@H]2CN1C(=O)[C@H](C(C)(C)C)CC(=O)O[C@@H]1C[C@@H]3C[C@@H]3[C@H]1CCCCCn1c(nc3cc(C#N)ccc3c1=O)O2. The largest absolute Gasteiger partial charge is 0.467 e. The summed E-state index contributed by atoms with van der Waals surface area (Å²) >= 11 is 0. The average molecular weight is 619 g/mol. The Balaban J connectivity index is 1.37. The van der Waals surface area contributed by atoms with Crippen molar-refractivity contribution >= 4 is 28.7 Å². The number of hydrogen-bond acceptors (Lipinski definition) is 9. The van der Waals surface area contributed by atoms with E-state index >= 15 is 0 Å². The number of fused-ring (bicyclic) bond motifs is 7. The number of benzene rings is 1. The Hall–Kier alpha value is -3.94. The molecule has 2 aliphatic carbocycles. The molecule has 1 aromatic carbocycles. The number of methoxy groups -OCH3 is 1. The molecule has 1 aromatic heterocycles. The zero-order valence-corrected chi connectivity index (χ0v) is 26.5. The van der Waals surface area contributed by atoms with Gasteiger partial charge in [0.2, 0.25) is 5.91 Å². The first-order valence-electron chi connectivity index (χ1n) is 16.2. The summed E-state index contributed by atoms with van der Waals surface area (Å²) in [6.45, 7) is 6.17. The lowest BCUT2D eigenvalue weighted by Crippen LogP contribution is -2.48. The van der Waals surface area contributed by atoms with Crippen molar-refractivity contribution in [3.05, 3.63) is 34.1 Å². The fourth-order valence-electron chi connectivity index (χ4n) is 7.72. The van der Waals surface area contributed by atoms with Crippen molar-refractivity contribution in [1.82, 2.24) is 14.5 Å². The van der Waals surface area contributed by atoms with Crippen LogP contribution in [0.25, 0.3) is 10.9 Å². The van der Waals surface area contributed by atoms with Gasteiger partial charge in [0.05, 0.1) is 48.5 Å². The van der Waals surface area contributed by atoms with E-state index in [1.165, 1.54) is 23.0 Å². The molecule has 3 fully saturated rings. The molecule has 2 saturated carbocycles. The molecule has 11 nitrogen and oxygen atoms in total. The molecule has 3 heterocycles. The van der Waals surface area contributed by atoms with E-state index in [1.807, 2.05) is 20.8 Å². The first-order chi connectivity index (χ1) is 21.5. The van der Waals surface area contributed by atoms with Gasteiger partial charge in [-0.2, -0.15) is 10.2 Å². The number of rotatable bonds is 1. The molecule has 0 radical (unpaired) electrons. The highest BCUT2D eigenvalue weighted by Gasteiger charge is 2.54. The predicted octanol–water partition coefficient (Wildman–Crippen LogP) is 3.98. The molecule has 240 valence electrons. The highest BCUT2D eigenvalue weighted by Crippen LogP contribution is 2.58. The molecule has 0 unspecified atom stereocenters. The van der Waals surface area contributed by atoms with E-state index in [0.29, 0.717) is 40.8 Å². The minimum Gasteiger partial charge on any atom is -0.467 e. The Morgan fingerprint density at radius 3 is 2.60 bits per heavy atom. The lowest BCUT2D eigenvalue weighted by atomic mass is 9.77. The standard InChI is InChI=1S/C34H42N4O7/c1-34(2,3)25-16-29(39)45-28-14-20-13-24(20)22(28)8-6-5-7-11-37-30(40)23-10-9-19(17-35)12-26(23)36-33(37)44-21-15-27(32(42)43-4)38(18-21)31(25)41/h9-10,12,20-22,24-25,27-28H,5-8,11,13-16,18H2,1-4H3/t20-,21+,22+,24-,25+,27-,28+/m0/s1. The smallest absolute Gasteiger partial charge is 0.328 e. The zero-order chi connectivity index (χ0) is 32.0. The number of esters is 2. The molecule has 0 N–H and O–H groups in total. The van der Waals surface area contributed by atoms with Gasteiger partial charge >= 0.3 is 11.9 Å². The number of nitriles is 1. The van der Waals surface area contributed by atoms with Crippen LogP contribution in [-0.4, -0.2) is 64.2 Å². The van der Waals surface area contributed by atoms with Gasteiger partial charge in [0.1, 0.15) is 18.2 Å². The van der Waals surface area contributed by atoms with Crippen LogP contribution in [0, 0.1) is 40.4 Å². The Bertz CT molecular complexity index is 1600. The number of carbonyl (C=O) groups is 3. The second-order valence-corrected chi connectivity index (χ2v) is 14.3. The van der Waals surface area contributed by atoms with Gasteiger partial charge in [0.15, 0.2) is 0 Å². The maximum absolute atomic E-state index is 14.2. The van der Waals surface area contributed by atoms with Crippen molar-refractivity contribution in [2.75, 3.05) is 13.7 Å². The number of nitrogens with zero attached hydrogens (tertiary/aromatic N) is 4. The summed E-state index contributed by atoms with van der Waals surface area (Å²) in [5, 5.41) is 9.82. The third-order valence-electron chi connectivity index (χ3n) is 10.3. The number of amides is 1. The number of carbonyl (C=O) groups excluding carboxylic acids is 3. The second-order valence-electron chi connectivity index (χ2n) is 14.3. The fourth-order valence-corrected chi connectivity index (χ4v) is 7.72. The van der Waals surface area contributed by atoms with Gasteiger partial charge in [-0.05, 0) is 67.1 Å². The van der Waals surface area contributed by atoms with Gasteiger partial charge in [0, 0.05) is 13.0 Å². The second kappa shape index (κ2) is 12.1. The highest BCUT2D eigenvalue weighted by molar-refractivity contribution is 5.89. The van der Waals surface area contributed by atoms with Crippen LogP contribution in [-0.2, 0) is 30.4 Å². The lowest BCUT2D eigenvalue weighted by Gasteiger charge is -2.34. The molecule has 11 heteroatoms. The van der Waals surface area contributed by atoms with Crippen molar-refractivity contribution in [3.8, 4) is 12.1 Å². The quantitative estimate of drug-likeness (QED) is 0.434. The minimum atomic E-state index is -0.924. The molecule has 7 atom stereocenters. The summed E-state index contributed by atoms with van der Waals surface area (Å²) in [5.74, 6) is -0.521. The number of ether oxygens (including phenoxy) is 3. The van der Waals surface area contributed by atoms with Crippen LogP contribution in [0.2, 0.25) is 0 Å². The highest BCUT2D eigenvalue weighted by atomic mass is 16.5. The zero-order valence-electron chi connectivity index (χ0n) is 26.5. The van der Waals surface area contributed by atoms with Crippen molar-refractivity contribution in [3.63, 3.8) is 0 Å². The Morgan fingerprint density at radius 1 is 1.07 bits per heavy atom. The molecule has 1 amide bonds. The van der Waals surface area contributed by atoms with Gasteiger partial charge < -0.3 is 19.1 Å². The third-order valence-corrected chi connectivity index (χ3v) is 10.3. The van der Waals surface area contributed by atoms with Crippen LogP contribution in [0.15, 0.2) is 23.0 Å². The van der Waals surface area contributed by atoms with E-state index in [2.05, 4.69) is 11.1 Å². The molecule has 2 aliphatic heterocycles. The first kappa shape index (κ1) is 31.1. The van der Waals surface area contributed by atoms with Gasteiger partial charge in [0.25, 0.3) is 11.6 Å². The minimum absolute atomic E-state index is 0.0560. The van der Waals surface area contributed by atoms with E-state index in [4.69, 9.17) is 14.2 Å². The summed E-state index contributed by atoms with van der Waals surface area (Å²) in [7, 11) is 1.27. The number of hydrogen-bond donors (Lipinski definition) is 0. The van der Waals surface area contributed by atoms with E-state index < -0.39 is 29.4 Å². The van der Waals surface area contributed by atoms with Crippen LogP contribution >= 0.6 is 0 Å². The van der Waals surface area contributed by atoms with Crippen molar-refractivity contribution in [2.24, 2.45) is 29.1 Å². The van der Waals surface area contributed by atoms with Gasteiger partial charge in [-0.25, -0.2) is 4.79 Å². The molecule has 45 heavy (non-hydrogen) atoms. The summed E-state index contributed by atoms with van der Waals surface area (Å²) in [4.78, 5) is 60.4. The maximum atomic E-state index is 14.2. The summed E-state index contributed by atoms with van der Waals surface area (Å²) in [6.07, 6.45) is 4.81. The van der Waals surface area contributed by atoms with E-state index in [0.717, 1.165) is 32.1 Å². The predicted molar refractivity (Wildman–Crippen MR) is 163 cm³/mol. The van der Waals surface area contributed by atoms with Crippen LogP contribution in [0.4, 0.5) is 0 Å². The maximum Gasteiger partial charge on any atom is 0.328 e. The van der Waals surface area contributed by atoms with Crippen LogP contribution in [0.5, 0.6) is 6.01 Å². The summed E-state index contributed by atoms with van der Waals surface area (Å²) in [5.41, 5.74) is -0.133. The Kier molecular flexibility index (Phi) is 8.35. The van der Waals surface area contributed by atoms with E-state index in [1.54, 1.807) is 18.2 Å². The van der Waals surface area contributed by atoms with Gasteiger partial charge in [-0.3, -0.25) is 19.0 Å². The molecular formula is C34H42N4O7. The van der Waals surface area contributed by atoms with Gasteiger partial charge in [-0.1, -0.05) is 33.6 Å². The van der Waals surface area contributed by atoms with Gasteiger partial charge in [-0.15, -0.1) is 0 Å². The Labute approximate surface area is 262 Å². The van der Waals surface area contributed by atoms with E-state index in [-0.39, 0.29) is 48.9 Å². The van der Waals surface area contributed by atoms with Crippen LogP contribution in [0.1, 0.15) is 77.7 Å². The number of aromatic nitrogens is 2. The average Bonchev–Trinajstić information content (AvgIpc) is 3.49. The molecule has 1 saturated heterocycles. The van der Waals surface area contributed by atoms with Crippen LogP contribution < -0.4 is 10.3 Å². The molecule has 4 aliphatic rings. The molecule has 0 spiro atoms.